The molecule has 0 bridgehead atoms. The Balaban J connectivity index is 1.81. The third kappa shape index (κ3) is 3.54. The fraction of sp³-hybridized carbons (Fsp3) is 0.0588. The van der Waals surface area contributed by atoms with Crippen LogP contribution < -0.4 is 5.32 Å². The number of hydrogen-bond acceptors (Lipinski definition) is 7. The first kappa shape index (κ1) is 16.0. The van der Waals surface area contributed by atoms with Crippen LogP contribution in [0.3, 0.4) is 0 Å². The van der Waals surface area contributed by atoms with Crippen LogP contribution in [-0.4, -0.2) is 10.2 Å². The number of aromatic nitrogens is 2. The van der Waals surface area contributed by atoms with Crippen LogP contribution in [0.4, 0.5) is 10.8 Å². The van der Waals surface area contributed by atoms with Crippen LogP contribution in [0, 0.1) is 29.6 Å². The van der Waals surface area contributed by atoms with Gasteiger partial charge in [0.15, 0.2) is 4.34 Å². The molecule has 0 aliphatic heterocycles. The van der Waals surface area contributed by atoms with Crippen molar-refractivity contribution in [2.75, 3.05) is 5.32 Å². The number of nitriles is 2. The number of aryl methyl sites for hydroxylation is 1. The van der Waals surface area contributed by atoms with Gasteiger partial charge in [-0.2, -0.15) is 10.5 Å². The van der Waals surface area contributed by atoms with Gasteiger partial charge in [0.05, 0.1) is 16.0 Å². The third-order valence-corrected chi connectivity index (χ3v) is 5.19. The maximum absolute atomic E-state index is 9.22. The van der Waals surface area contributed by atoms with E-state index in [1.54, 1.807) is 18.2 Å². The van der Waals surface area contributed by atoms with Crippen molar-refractivity contribution < 1.29 is 0 Å². The summed E-state index contributed by atoms with van der Waals surface area (Å²) in [6.07, 6.45) is 0. The monoisotopic (exact) mass is 349 g/mol. The number of benzene rings is 2. The lowest BCUT2D eigenvalue weighted by Gasteiger charge is -2.03. The molecule has 116 valence electrons. The topological polar surface area (TPSA) is 85.4 Å². The van der Waals surface area contributed by atoms with Crippen molar-refractivity contribution in [2.45, 2.75) is 16.2 Å². The molecule has 0 radical (unpaired) electrons. The number of rotatable bonds is 4. The lowest BCUT2D eigenvalue weighted by molar-refractivity contribution is 1.01. The summed E-state index contributed by atoms with van der Waals surface area (Å²) >= 11 is 2.66. The maximum Gasteiger partial charge on any atom is 0.210 e. The fourth-order valence-corrected chi connectivity index (χ4v) is 3.83. The zero-order valence-corrected chi connectivity index (χ0v) is 14.3. The molecule has 2 aromatic carbocycles. The van der Waals surface area contributed by atoms with Gasteiger partial charge in [0, 0.05) is 5.69 Å². The second kappa shape index (κ2) is 7.14. The Morgan fingerprint density at radius 2 is 1.67 bits per heavy atom. The van der Waals surface area contributed by atoms with Crippen LogP contribution >= 0.6 is 23.1 Å². The van der Waals surface area contributed by atoms with E-state index in [0.29, 0.717) is 25.5 Å². The fourth-order valence-electron chi connectivity index (χ4n) is 1.97. The van der Waals surface area contributed by atoms with Crippen LogP contribution in [0.15, 0.2) is 51.7 Å². The third-order valence-electron chi connectivity index (χ3n) is 3.15. The molecule has 7 heteroatoms. The number of nitrogens with zero attached hydrogens (tertiary/aromatic N) is 4. The van der Waals surface area contributed by atoms with Gasteiger partial charge in [0.2, 0.25) is 5.13 Å². The van der Waals surface area contributed by atoms with Gasteiger partial charge in [0.1, 0.15) is 12.1 Å². The first-order valence-corrected chi connectivity index (χ1v) is 8.61. The molecule has 1 aromatic heterocycles. The molecule has 5 nitrogen and oxygen atoms in total. The molecule has 0 unspecified atom stereocenters. The standard InChI is InChI=1S/C17H11N5S2/c1-11-5-7-14(8-6-11)20-16-21-22-17(24-16)23-15-12(9-18)3-2-4-13(15)10-19/h2-8H,1H3,(H,20,21). The van der Waals surface area contributed by atoms with Crippen molar-refractivity contribution in [3.63, 3.8) is 0 Å². The van der Waals surface area contributed by atoms with E-state index in [0.717, 1.165) is 5.69 Å². The van der Waals surface area contributed by atoms with Crippen LogP contribution in [0.1, 0.15) is 16.7 Å². The highest BCUT2D eigenvalue weighted by atomic mass is 32.2. The molecule has 0 amide bonds. The zero-order valence-electron chi connectivity index (χ0n) is 12.6. The van der Waals surface area contributed by atoms with Crippen molar-refractivity contribution in [3.8, 4) is 12.1 Å². The smallest absolute Gasteiger partial charge is 0.210 e. The summed E-state index contributed by atoms with van der Waals surface area (Å²) in [7, 11) is 0. The highest BCUT2D eigenvalue weighted by molar-refractivity contribution is 8.01. The van der Waals surface area contributed by atoms with E-state index < -0.39 is 0 Å². The Labute approximate surface area is 147 Å². The Morgan fingerprint density at radius 3 is 2.29 bits per heavy atom. The van der Waals surface area contributed by atoms with E-state index in [-0.39, 0.29) is 0 Å². The number of nitrogens with one attached hydrogen (secondary N) is 1. The average molecular weight is 349 g/mol. The highest BCUT2D eigenvalue weighted by Gasteiger charge is 2.13. The molecule has 0 saturated heterocycles. The second-order valence-corrected chi connectivity index (χ2v) is 7.11. The molecular formula is C17H11N5S2. The molecule has 3 aromatic rings. The van der Waals surface area contributed by atoms with Gasteiger partial charge in [-0.1, -0.05) is 46.9 Å². The summed E-state index contributed by atoms with van der Waals surface area (Å²) in [5, 5.41) is 30.5. The Hall–Kier alpha value is -2.87. The highest BCUT2D eigenvalue weighted by Crippen LogP contribution is 2.36. The van der Waals surface area contributed by atoms with Gasteiger partial charge in [-0.05, 0) is 31.2 Å². The molecule has 0 atom stereocenters. The molecule has 1 N–H and O–H groups in total. The molecule has 0 aliphatic carbocycles. The second-order valence-electron chi connectivity index (χ2n) is 4.87. The number of hydrogen-bond donors (Lipinski definition) is 1. The summed E-state index contributed by atoms with van der Waals surface area (Å²) in [5.41, 5.74) is 3.04. The predicted molar refractivity (Wildman–Crippen MR) is 94.4 cm³/mol. The number of anilines is 2. The van der Waals surface area contributed by atoms with Crippen molar-refractivity contribution in [3.05, 3.63) is 59.2 Å². The van der Waals surface area contributed by atoms with Gasteiger partial charge in [-0.3, -0.25) is 0 Å². The molecule has 24 heavy (non-hydrogen) atoms. The maximum atomic E-state index is 9.22. The zero-order chi connectivity index (χ0) is 16.9. The summed E-state index contributed by atoms with van der Waals surface area (Å²) in [4.78, 5) is 0.612. The Kier molecular flexibility index (Phi) is 4.76. The van der Waals surface area contributed by atoms with Crippen molar-refractivity contribution in [2.24, 2.45) is 0 Å². The lowest BCUT2D eigenvalue weighted by atomic mass is 10.1. The molecule has 3 rings (SSSR count). The van der Waals surface area contributed by atoms with Gasteiger partial charge in [0.25, 0.3) is 0 Å². The van der Waals surface area contributed by atoms with E-state index in [1.807, 2.05) is 31.2 Å². The molecule has 0 fully saturated rings. The molecule has 0 spiro atoms. The van der Waals surface area contributed by atoms with Gasteiger partial charge in [-0.25, -0.2) is 0 Å². The van der Waals surface area contributed by atoms with Gasteiger partial charge in [-0.15, -0.1) is 10.2 Å². The SMILES string of the molecule is Cc1ccc(Nc2nnc(Sc3c(C#N)cccc3C#N)s2)cc1. The van der Waals surface area contributed by atoms with Gasteiger partial charge >= 0.3 is 0 Å². The van der Waals surface area contributed by atoms with E-state index in [4.69, 9.17) is 0 Å². The van der Waals surface area contributed by atoms with Crippen LogP contribution in [0.5, 0.6) is 0 Å². The van der Waals surface area contributed by atoms with Crippen molar-refractivity contribution in [1.29, 1.82) is 10.5 Å². The van der Waals surface area contributed by atoms with E-state index >= 15 is 0 Å². The van der Waals surface area contributed by atoms with E-state index in [2.05, 4.69) is 27.7 Å². The molecule has 0 aliphatic rings. The predicted octanol–water partition coefficient (Wildman–Crippen LogP) is 4.48. The molecule has 1 heterocycles. The normalized spacial score (nSPS) is 9.96. The first-order valence-electron chi connectivity index (χ1n) is 6.98. The summed E-state index contributed by atoms with van der Waals surface area (Å²) < 4.78 is 0.670. The van der Waals surface area contributed by atoms with Crippen LogP contribution in [0.25, 0.3) is 0 Å². The molecular weight excluding hydrogens is 338 g/mol. The minimum Gasteiger partial charge on any atom is -0.330 e. The lowest BCUT2D eigenvalue weighted by Crippen LogP contribution is -1.88. The Bertz CT molecular complexity index is 916. The average Bonchev–Trinajstić information content (AvgIpc) is 3.04. The largest absolute Gasteiger partial charge is 0.330 e. The molecule has 0 saturated carbocycles. The van der Waals surface area contributed by atoms with Crippen LogP contribution in [-0.2, 0) is 0 Å². The van der Waals surface area contributed by atoms with Crippen molar-refractivity contribution >= 4 is 33.9 Å². The quantitative estimate of drug-likeness (QED) is 0.747. The van der Waals surface area contributed by atoms with E-state index in [1.165, 1.54) is 28.7 Å². The van der Waals surface area contributed by atoms with Crippen LogP contribution in [0.2, 0.25) is 0 Å². The van der Waals surface area contributed by atoms with Crippen molar-refractivity contribution in [1.82, 2.24) is 10.2 Å². The Morgan fingerprint density at radius 1 is 1.00 bits per heavy atom. The first-order chi connectivity index (χ1) is 11.7. The minimum absolute atomic E-state index is 0.460. The minimum atomic E-state index is 0.460. The summed E-state index contributed by atoms with van der Waals surface area (Å²) in [6.45, 7) is 2.03. The summed E-state index contributed by atoms with van der Waals surface area (Å²) in [6, 6.07) is 17.3. The van der Waals surface area contributed by atoms with Gasteiger partial charge < -0.3 is 5.32 Å². The summed E-state index contributed by atoms with van der Waals surface area (Å²) in [5.74, 6) is 0. The van der Waals surface area contributed by atoms with E-state index in [9.17, 15) is 10.5 Å².